The van der Waals surface area contributed by atoms with Crippen LogP contribution < -0.4 is 5.32 Å². The Balaban J connectivity index is 2.82. The predicted molar refractivity (Wildman–Crippen MR) is 34.7 cm³/mol. The van der Waals surface area contributed by atoms with E-state index in [9.17, 15) is 4.79 Å². The van der Waals surface area contributed by atoms with Crippen LogP contribution >= 0.6 is 19.2 Å². The lowest BCUT2D eigenvalue weighted by Crippen LogP contribution is -2.20. The molecule has 0 bridgehead atoms. The summed E-state index contributed by atoms with van der Waals surface area (Å²) in [6.07, 6.45) is 0.577. The van der Waals surface area contributed by atoms with E-state index in [1.165, 1.54) is 0 Å². The van der Waals surface area contributed by atoms with Crippen molar-refractivity contribution in [3.63, 3.8) is 0 Å². The fraction of sp³-hybridized carbons (Fsp3) is 0.667. The summed E-state index contributed by atoms with van der Waals surface area (Å²) in [6.45, 7) is -0.000278. The van der Waals surface area contributed by atoms with Crippen LogP contribution in [0.25, 0.3) is 0 Å². The van der Waals surface area contributed by atoms with Crippen LogP contribution in [0.5, 0.6) is 0 Å². The van der Waals surface area contributed by atoms with Gasteiger partial charge in [0, 0.05) is 6.29 Å². The predicted octanol–water partition coefficient (Wildman–Crippen LogP) is 0.450. The van der Waals surface area contributed by atoms with E-state index in [2.05, 4.69) is 5.32 Å². The number of hydrogen-bond acceptors (Lipinski definition) is 2. The smallest absolute Gasteiger partial charge is 0.317 e. The Morgan fingerprint density at radius 3 is 2.88 bits per heavy atom. The largest absolute Gasteiger partial charge is 0.480 e. The average molecular weight is 156 g/mol. The minimum Gasteiger partial charge on any atom is -0.480 e. The van der Waals surface area contributed by atoms with E-state index in [0.717, 1.165) is 0 Å². The van der Waals surface area contributed by atoms with Gasteiger partial charge in [-0.1, -0.05) is 11.2 Å². The summed E-state index contributed by atoms with van der Waals surface area (Å²) < 4.78 is 0. The molecular weight excluding hydrogens is 148 g/mol. The lowest BCUT2D eigenvalue weighted by atomic mass is 10.7. The first-order valence-corrected chi connectivity index (χ1v) is 4.25. The van der Waals surface area contributed by atoms with Crippen LogP contribution in [0.15, 0.2) is 0 Å². The maximum atomic E-state index is 9.77. The van der Waals surface area contributed by atoms with E-state index in [1.807, 2.05) is 0 Å². The molecule has 0 heterocycles. The first-order valence-electron chi connectivity index (χ1n) is 2.03. The highest BCUT2D eigenvalue weighted by Crippen LogP contribution is 2.11. The van der Waals surface area contributed by atoms with Crippen LogP contribution in [0.3, 0.4) is 0 Å². The van der Waals surface area contributed by atoms with Crippen molar-refractivity contribution in [3.8, 4) is 0 Å². The number of halogens is 1. The maximum Gasteiger partial charge on any atom is 0.317 e. The molecule has 0 aliphatic carbocycles. The highest BCUT2D eigenvalue weighted by Gasteiger charge is 1.91. The summed E-state index contributed by atoms with van der Waals surface area (Å²) in [4.78, 5) is 9.77. The van der Waals surface area contributed by atoms with E-state index in [0.29, 0.717) is 6.29 Å². The van der Waals surface area contributed by atoms with Gasteiger partial charge < -0.3 is 10.4 Å². The number of aliphatic carboxylic acids is 1. The standard InChI is InChI=1S/C3H7ClNO2P/c4-8-2-5-1-3(6)7/h5,8H,1-2H2,(H,6,7). The lowest BCUT2D eigenvalue weighted by Gasteiger charge is -1.93. The Morgan fingerprint density at radius 2 is 2.50 bits per heavy atom. The first-order chi connectivity index (χ1) is 3.77. The number of carbonyl (C=O) groups is 1. The molecule has 0 spiro atoms. The Morgan fingerprint density at radius 1 is 1.88 bits per heavy atom. The SMILES string of the molecule is O=C(O)CNCPCl. The van der Waals surface area contributed by atoms with Crippen LogP contribution in [0, 0.1) is 0 Å². The Bertz CT molecular complexity index is 79.7. The second-order valence-electron chi connectivity index (χ2n) is 1.13. The summed E-state index contributed by atoms with van der Waals surface area (Å²) in [5, 5.41) is 10.7. The third-order valence-corrected chi connectivity index (χ3v) is 1.25. The van der Waals surface area contributed by atoms with Gasteiger partial charge in [-0.25, -0.2) is 0 Å². The lowest BCUT2D eigenvalue weighted by molar-refractivity contribution is -0.135. The van der Waals surface area contributed by atoms with Crippen molar-refractivity contribution in [2.45, 2.75) is 0 Å². The van der Waals surface area contributed by atoms with Crippen molar-refractivity contribution >= 4 is 25.1 Å². The van der Waals surface area contributed by atoms with E-state index < -0.39 is 5.97 Å². The molecule has 0 amide bonds. The van der Waals surface area contributed by atoms with Crippen molar-refractivity contribution < 1.29 is 9.90 Å². The zero-order valence-electron chi connectivity index (χ0n) is 4.15. The molecule has 0 aromatic rings. The van der Waals surface area contributed by atoms with E-state index >= 15 is 0 Å². The molecule has 0 aliphatic rings. The van der Waals surface area contributed by atoms with Crippen LogP contribution in [0.1, 0.15) is 0 Å². The third-order valence-electron chi connectivity index (χ3n) is 0.468. The average Bonchev–Trinajstić information content (AvgIpc) is 1.66. The molecule has 2 N–H and O–H groups in total. The van der Waals surface area contributed by atoms with Crippen molar-refractivity contribution in [3.05, 3.63) is 0 Å². The van der Waals surface area contributed by atoms with E-state index in [-0.39, 0.29) is 14.5 Å². The molecule has 1 unspecified atom stereocenters. The number of carboxylic acids is 1. The molecule has 1 atom stereocenters. The van der Waals surface area contributed by atoms with Crippen molar-refractivity contribution in [1.29, 1.82) is 0 Å². The van der Waals surface area contributed by atoms with Gasteiger partial charge in [0.05, 0.1) is 6.54 Å². The number of carboxylic acid groups (broad SMARTS) is 1. The zero-order chi connectivity index (χ0) is 6.41. The molecule has 0 aliphatic heterocycles. The van der Waals surface area contributed by atoms with Crippen molar-refractivity contribution in [2.75, 3.05) is 12.8 Å². The van der Waals surface area contributed by atoms with Crippen LogP contribution in [0.2, 0.25) is 0 Å². The van der Waals surface area contributed by atoms with Gasteiger partial charge in [0.15, 0.2) is 0 Å². The van der Waals surface area contributed by atoms with Crippen molar-refractivity contribution in [2.24, 2.45) is 0 Å². The Hall–Kier alpha value is 0.150. The van der Waals surface area contributed by atoms with Gasteiger partial charge >= 0.3 is 5.97 Å². The second kappa shape index (κ2) is 5.29. The summed E-state index contributed by atoms with van der Waals surface area (Å²) in [5.41, 5.74) is 0. The summed E-state index contributed by atoms with van der Waals surface area (Å²) in [7, 11) is 0.255. The molecule has 0 radical (unpaired) electrons. The van der Waals surface area contributed by atoms with Crippen LogP contribution in [-0.4, -0.2) is 23.9 Å². The van der Waals surface area contributed by atoms with Gasteiger partial charge in [-0.2, -0.15) is 0 Å². The molecule has 0 fully saturated rings. The molecule has 0 saturated heterocycles. The number of hydrogen-bond donors (Lipinski definition) is 2. The monoisotopic (exact) mass is 155 g/mol. The van der Waals surface area contributed by atoms with Gasteiger partial charge in [-0.15, -0.1) is 0 Å². The Labute approximate surface area is 54.0 Å². The Kier molecular flexibility index (Phi) is 5.39. The zero-order valence-corrected chi connectivity index (χ0v) is 5.90. The fourth-order valence-electron chi connectivity index (χ4n) is 0.217. The van der Waals surface area contributed by atoms with E-state index in [1.54, 1.807) is 0 Å². The van der Waals surface area contributed by atoms with Gasteiger partial charge in [0.25, 0.3) is 0 Å². The maximum absolute atomic E-state index is 9.77. The highest BCUT2D eigenvalue weighted by molar-refractivity contribution is 7.68. The minimum absolute atomic E-state index is 0.000278. The fourth-order valence-corrected chi connectivity index (χ4v) is 0.720. The summed E-state index contributed by atoms with van der Waals surface area (Å²) in [6, 6.07) is 0. The molecule has 0 aromatic heterocycles. The molecule has 0 saturated carbocycles. The van der Waals surface area contributed by atoms with Crippen LogP contribution in [0.4, 0.5) is 0 Å². The number of nitrogens with one attached hydrogen (secondary N) is 1. The second-order valence-corrected chi connectivity index (χ2v) is 2.55. The normalized spacial score (nSPS) is 10.6. The molecule has 3 nitrogen and oxygen atoms in total. The van der Waals surface area contributed by atoms with Gasteiger partial charge in [-0.3, -0.25) is 4.79 Å². The number of rotatable bonds is 4. The van der Waals surface area contributed by atoms with Crippen LogP contribution in [-0.2, 0) is 4.79 Å². The van der Waals surface area contributed by atoms with Gasteiger partial charge in [0.2, 0.25) is 0 Å². The van der Waals surface area contributed by atoms with Gasteiger partial charge in [0.1, 0.15) is 0 Å². The molecule has 8 heavy (non-hydrogen) atoms. The molecule has 0 rings (SSSR count). The van der Waals surface area contributed by atoms with Crippen molar-refractivity contribution in [1.82, 2.24) is 5.32 Å². The van der Waals surface area contributed by atoms with Gasteiger partial charge in [-0.05, 0) is 7.93 Å². The first kappa shape index (κ1) is 8.15. The summed E-state index contributed by atoms with van der Waals surface area (Å²) >= 11 is 5.26. The molecule has 0 aromatic carbocycles. The molecular formula is C3H7ClNO2P. The summed E-state index contributed by atoms with van der Waals surface area (Å²) in [5.74, 6) is -0.847. The topological polar surface area (TPSA) is 49.3 Å². The van der Waals surface area contributed by atoms with E-state index in [4.69, 9.17) is 16.3 Å². The third kappa shape index (κ3) is 6.15. The molecule has 5 heteroatoms. The minimum atomic E-state index is -0.847. The quantitative estimate of drug-likeness (QED) is 0.458. The molecule has 48 valence electrons. The highest BCUT2D eigenvalue weighted by atomic mass is 35.7.